The van der Waals surface area contributed by atoms with E-state index in [-0.39, 0.29) is 35.4 Å². The minimum absolute atomic E-state index is 0.0147. The average molecular weight is 373 g/mol. The Kier molecular flexibility index (Phi) is 5.45. The smallest absolute Gasteiger partial charge is 0.315 e. The summed E-state index contributed by atoms with van der Waals surface area (Å²) in [7, 11) is 1.75. The fourth-order valence-corrected chi connectivity index (χ4v) is 4.88. The molecule has 0 saturated heterocycles. The molecule has 1 aromatic heterocycles. The van der Waals surface area contributed by atoms with Gasteiger partial charge in [0.15, 0.2) is 0 Å². The van der Waals surface area contributed by atoms with Gasteiger partial charge in [-0.25, -0.2) is 4.79 Å². The van der Waals surface area contributed by atoms with Gasteiger partial charge < -0.3 is 15.5 Å². The van der Waals surface area contributed by atoms with Gasteiger partial charge in [-0.1, -0.05) is 26.8 Å². The molecule has 2 bridgehead atoms. The molecule has 2 saturated carbocycles. The van der Waals surface area contributed by atoms with Crippen LogP contribution in [0.4, 0.5) is 4.79 Å². The molecule has 3 atom stereocenters. The lowest BCUT2D eigenvalue weighted by Crippen LogP contribution is -2.51. The summed E-state index contributed by atoms with van der Waals surface area (Å²) in [5, 5.41) is 5.86. The zero-order chi connectivity index (χ0) is 19.7. The molecule has 0 spiro atoms. The first-order chi connectivity index (χ1) is 12.7. The highest BCUT2D eigenvalue weighted by molar-refractivity contribution is 5.84. The molecule has 0 aromatic carbocycles. The predicted molar refractivity (Wildman–Crippen MR) is 105 cm³/mol. The monoisotopic (exact) mass is 372 g/mol. The van der Waals surface area contributed by atoms with Gasteiger partial charge >= 0.3 is 6.03 Å². The van der Waals surface area contributed by atoms with Gasteiger partial charge in [0.1, 0.15) is 0 Å². The second-order valence-electron chi connectivity index (χ2n) is 8.88. The molecule has 3 amide bonds. The molecule has 148 valence electrons. The van der Waals surface area contributed by atoms with Crippen LogP contribution in [0.3, 0.4) is 0 Å². The Morgan fingerprint density at radius 3 is 2.67 bits per heavy atom. The third-order valence-corrected chi connectivity index (χ3v) is 7.35. The van der Waals surface area contributed by atoms with Crippen molar-refractivity contribution in [1.29, 1.82) is 0 Å². The number of aromatic nitrogens is 1. The molecule has 0 aliphatic heterocycles. The molecule has 3 rings (SSSR count). The van der Waals surface area contributed by atoms with Gasteiger partial charge in [-0.05, 0) is 48.1 Å². The lowest BCUT2D eigenvalue weighted by atomic mass is 9.69. The molecular weight excluding hydrogens is 340 g/mol. The molecule has 1 aromatic rings. The number of likely N-dealkylation sites (N-methyl/N-ethyl adjacent to an activating group) is 1. The summed E-state index contributed by atoms with van der Waals surface area (Å²) in [5.74, 6) is 0.577. The highest BCUT2D eigenvalue weighted by Crippen LogP contribution is 2.65. The first kappa shape index (κ1) is 19.6. The van der Waals surface area contributed by atoms with Gasteiger partial charge in [0.2, 0.25) is 5.91 Å². The van der Waals surface area contributed by atoms with E-state index in [1.165, 1.54) is 6.42 Å². The third kappa shape index (κ3) is 3.80. The van der Waals surface area contributed by atoms with Crippen molar-refractivity contribution in [3.63, 3.8) is 0 Å². The van der Waals surface area contributed by atoms with Crippen LogP contribution in [0.15, 0.2) is 24.4 Å². The van der Waals surface area contributed by atoms with Crippen molar-refractivity contribution in [2.75, 3.05) is 20.1 Å². The van der Waals surface area contributed by atoms with E-state index in [4.69, 9.17) is 0 Å². The number of urea groups is 1. The number of fused-ring (bicyclic) bond motifs is 2. The van der Waals surface area contributed by atoms with Gasteiger partial charge in [-0.2, -0.15) is 0 Å². The molecule has 6 nitrogen and oxygen atoms in total. The lowest BCUT2D eigenvalue weighted by Gasteiger charge is -2.39. The lowest BCUT2D eigenvalue weighted by molar-refractivity contribution is -0.128. The van der Waals surface area contributed by atoms with Crippen LogP contribution in [-0.4, -0.2) is 48.0 Å². The predicted octanol–water partition coefficient (Wildman–Crippen LogP) is 2.60. The normalized spacial score (nSPS) is 28.0. The molecule has 1 heterocycles. The number of hydrogen-bond donors (Lipinski definition) is 2. The SMILES string of the molecule is CN(CCc1ccccn1)C(=O)CNC(=O)NC1CC2CCC1(C)C2(C)C. The van der Waals surface area contributed by atoms with E-state index in [0.717, 1.165) is 18.5 Å². The van der Waals surface area contributed by atoms with Crippen LogP contribution < -0.4 is 10.6 Å². The molecule has 3 unspecified atom stereocenters. The van der Waals surface area contributed by atoms with Gasteiger partial charge in [0.25, 0.3) is 0 Å². The number of carbonyl (C=O) groups excluding carboxylic acids is 2. The quantitative estimate of drug-likeness (QED) is 0.806. The summed E-state index contributed by atoms with van der Waals surface area (Å²) in [6, 6.07) is 5.70. The Morgan fingerprint density at radius 1 is 1.30 bits per heavy atom. The van der Waals surface area contributed by atoms with Crippen LogP contribution in [-0.2, 0) is 11.2 Å². The molecule has 2 fully saturated rings. The number of carbonyl (C=O) groups is 2. The summed E-state index contributed by atoms with van der Waals surface area (Å²) >= 11 is 0. The number of rotatable bonds is 6. The standard InChI is InChI=1S/C21H32N4O2/c1-20(2)15-8-10-21(20,3)17(13-15)24-19(27)23-14-18(26)25(4)12-9-16-7-5-6-11-22-16/h5-7,11,15,17H,8-10,12-14H2,1-4H3,(H2,23,24,27). The summed E-state index contributed by atoms with van der Waals surface area (Å²) < 4.78 is 0. The molecule has 0 radical (unpaired) electrons. The second-order valence-corrected chi connectivity index (χ2v) is 8.88. The van der Waals surface area contributed by atoms with Crippen LogP contribution in [0.1, 0.15) is 45.7 Å². The van der Waals surface area contributed by atoms with E-state index in [9.17, 15) is 9.59 Å². The van der Waals surface area contributed by atoms with Gasteiger partial charge in [-0.3, -0.25) is 9.78 Å². The summed E-state index contributed by atoms with van der Waals surface area (Å²) in [6.45, 7) is 7.53. The summed E-state index contributed by atoms with van der Waals surface area (Å²) in [6.07, 6.45) is 5.90. The first-order valence-corrected chi connectivity index (χ1v) is 9.92. The molecule has 2 N–H and O–H groups in total. The third-order valence-electron chi connectivity index (χ3n) is 7.35. The molecule has 27 heavy (non-hydrogen) atoms. The van der Waals surface area contributed by atoms with E-state index in [1.54, 1.807) is 18.1 Å². The number of amides is 3. The maximum absolute atomic E-state index is 12.3. The van der Waals surface area contributed by atoms with Crippen LogP contribution in [0.5, 0.6) is 0 Å². The topological polar surface area (TPSA) is 74.3 Å². The van der Waals surface area contributed by atoms with Crippen molar-refractivity contribution in [3.05, 3.63) is 30.1 Å². The Bertz CT molecular complexity index is 691. The van der Waals surface area contributed by atoms with Crippen molar-refractivity contribution in [3.8, 4) is 0 Å². The highest BCUT2D eigenvalue weighted by atomic mass is 16.2. The van der Waals surface area contributed by atoms with Crippen molar-refractivity contribution < 1.29 is 9.59 Å². The number of nitrogens with one attached hydrogen (secondary N) is 2. The molecular formula is C21H32N4O2. The number of pyridine rings is 1. The van der Waals surface area contributed by atoms with Crippen molar-refractivity contribution in [1.82, 2.24) is 20.5 Å². The van der Waals surface area contributed by atoms with Crippen molar-refractivity contribution in [2.24, 2.45) is 16.7 Å². The fourth-order valence-electron chi connectivity index (χ4n) is 4.88. The Hall–Kier alpha value is -2.11. The van der Waals surface area contributed by atoms with Gasteiger partial charge in [0, 0.05) is 37.9 Å². The van der Waals surface area contributed by atoms with Crippen LogP contribution in [0, 0.1) is 16.7 Å². The first-order valence-electron chi connectivity index (χ1n) is 9.92. The van der Waals surface area contributed by atoms with Crippen LogP contribution in [0.25, 0.3) is 0 Å². The van der Waals surface area contributed by atoms with Crippen LogP contribution >= 0.6 is 0 Å². The Balaban J connectivity index is 1.42. The fraction of sp³-hybridized carbons (Fsp3) is 0.667. The number of nitrogens with zero attached hydrogens (tertiary/aromatic N) is 2. The van der Waals surface area contributed by atoms with E-state index in [0.29, 0.717) is 18.9 Å². The van der Waals surface area contributed by atoms with Crippen molar-refractivity contribution in [2.45, 2.75) is 52.5 Å². The molecule has 2 aliphatic rings. The Labute approximate surface area is 162 Å². The maximum atomic E-state index is 12.3. The molecule has 2 aliphatic carbocycles. The van der Waals surface area contributed by atoms with Crippen molar-refractivity contribution >= 4 is 11.9 Å². The van der Waals surface area contributed by atoms with Gasteiger partial charge in [-0.15, -0.1) is 0 Å². The minimum Gasteiger partial charge on any atom is -0.344 e. The van der Waals surface area contributed by atoms with Gasteiger partial charge in [0.05, 0.1) is 6.54 Å². The zero-order valence-corrected chi connectivity index (χ0v) is 16.9. The van der Waals surface area contributed by atoms with E-state index >= 15 is 0 Å². The van der Waals surface area contributed by atoms with Crippen LogP contribution in [0.2, 0.25) is 0 Å². The summed E-state index contributed by atoms with van der Waals surface area (Å²) in [5.41, 5.74) is 1.35. The largest absolute Gasteiger partial charge is 0.344 e. The number of hydrogen-bond acceptors (Lipinski definition) is 3. The van der Waals surface area contributed by atoms with E-state index < -0.39 is 0 Å². The minimum atomic E-state index is -0.240. The Morgan fingerprint density at radius 2 is 2.07 bits per heavy atom. The second kappa shape index (κ2) is 7.49. The molecule has 6 heteroatoms. The average Bonchev–Trinajstić information content (AvgIpc) is 2.98. The zero-order valence-electron chi connectivity index (χ0n) is 16.9. The van der Waals surface area contributed by atoms with E-state index in [1.807, 2.05) is 18.2 Å². The van der Waals surface area contributed by atoms with E-state index in [2.05, 4.69) is 36.4 Å². The highest BCUT2D eigenvalue weighted by Gasteiger charge is 2.61. The summed E-state index contributed by atoms with van der Waals surface area (Å²) in [4.78, 5) is 30.5. The maximum Gasteiger partial charge on any atom is 0.315 e.